The third-order valence-electron chi connectivity index (χ3n) is 6.55. The number of ether oxygens (including phenoxy) is 1. The molecule has 1 aliphatic heterocycles. The van der Waals surface area contributed by atoms with Gasteiger partial charge < -0.3 is 19.2 Å². The Balaban J connectivity index is 2.14. The first kappa shape index (κ1) is 21.7. The molecule has 1 amide bonds. The number of hydrogen-bond acceptors (Lipinski definition) is 4. The minimum atomic E-state index is -1.91. The molecular weight excluding hydrogens is 346 g/mol. The average molecular weight is 386 g/mol. The maximum atomic E-state index is 12.9. The summed E-state index contributed by atoms with van der Waals surface area (Å²) in [7, 11) is -1.91. The van der Waals surface area contributed by atoms with Gasteiger partial charge in [-0.05, 0) is 58.2 Å². The Morgan fingerprint density at radius 3 is 2.19 bits per heavy atom. The molecule has 0 aromatic rings. The van der Waals surface area contributed by atoms with Crippen molar-refractivity contribution in [3.63, 3.8) is 0 Å². The van der Waals surface area contributed by atoms with Crippen LogP contribution in [0.1, 0.15) is 67.2 Å². The number of carbonyl (C=O) groups is 1. The fraction of sp³-hybridized carbons (Fsp3) is 0.950. The van der Waals surface area contributed by atoms with Gasteiger partial charge in [-0.3, -0.25) is 0 Å². The highest BCUT2D eigenvalue weighted by molar-refractivity contribution is 6.74. The highest BCUT2D eigenvalue weighted by atomic mass is 28.4. The molecule has 0 aromatic carbocycles. The number of rotatable bonds is 3. The molecule has 1 saturated heterocycles. The van der Waals surface area contributed by atoms with Gasteiger partial charge in [-0.1, -0.05) is 27.2 Å². The van der Waals surface area contributed by atoms with E-state index in [0.29, 0.717) is 19.6 Å². The Bertz CT molecular complexity index is 517. The molecule has 2 atom stereocenters. The maximum Gasteiger partial charge on any atom is 0.410 e. The van der Waals surface area contributed by atoms with Gasteiger partial charge in [-0.15, -0.1) is 0 Å². The van der Waals surface area contributed by atoms with Gasteiger partial charge in [0, 0.05) is 12.0 Å². The quantitative estimate of drug-likeness (QED) is 0.724. The van der Waals surface area contributed by atoms with E-state index >= 15 is 0 Å². The van der Waals surface area contributed by atoms with Crippen molar-refractivity contribution in [2.45, 2.75) is 103 Å². The van der Waals surface area contributed by atoms with E-state index in [2.05, 4.69) is 33.9 Å². The van der Waals surface area contributed by atoms with Crippen LogP contribution in [0.5, 0.6) is 0 Å². The van der Waals surface area contributed by atoms with Crippen LogP contribution in [0.3, 0.4) is 0 Å². The topological polar surface area (TPSA) is 59.0 Å². The summed E-state index contributed by atoms with van der Waals surface area (Å²) < 4.78 is 12.1. The summed E-state index contributed by atoms with van der Waals surface area (Å²) in [5.74, 6) is 0. The van der Waals surface area contributed by atoms with E-state index in [1.54, 1.807) is 0 Å². The zero-order valence-corrected chi connectivity index (χ0v) is 19.0. The molecule has 1 aliphatic carbocycles. The lowest BCUT2D eigenvalue weighted by Gasteiger charge is -2.54. The molecule has 0 radical (unpaired) electrons. The molecule has 1 unspecified atom stereocenters. The van der Waals surface area contributed by atoms with E-state index in [9.17, 15) is 9.90 Å². The van der Waals surface area contributed by atoms with E-state index in [-0.39, 0.29) is 28.7 Å². The predicted molar refractivity (Wildman–Crippen MR) is 107 cm³/mol. The third-order valence-corrected chi connectivity index (χ3v) is 11.0. The molecule has 0 bridgehead atoms. The van der Waals surface area contributed by atoms with E-state index in [1.807, 2.05) is 25.7 Å². The van der Waals surface area contributed by atoms with Gasteiger partial charge in [0.1, 0.15) is 5.60 Å². The molecule has 1 N–H and O–H groups in total. The van der Waals surface area contributed by atoms with Crippen molar-refractivity contribution >= 4 is 14.4 Å². The van der Waals surface area contributed by atoms with Crippen LogP contribution in [0.4, 0.5) is 4.79 Å². The molecule has 2 rings (SSSR count). The molecule has 1 spiro atoms. The van der Waals surface area contributed by atoms with E-state index in [0.717, 1.165) is 19.3 Å². The standard InChI is InChI=1S/C20H39NO4Si/c1-18(2,3)25-17(23)21-14-20(10-9-11-20)16(22)12-15(21)13-24-26(7,8)19(4,5)6/h15-16,22H,9-14H2,1-8H3/t15-,16?/m0/s1. The second-order valence-corrected chi connectivity index (χ2v) is 15.6. The van der Waals surface area contributed by atoms with Crippen molar-refractivity contribution in [2.24, 2.45) is 5.41 Å². The number of likely N-dealkylation sites (tertiary alicyclic amines) is 1. The molecule has 1 heterocycles. The minimum Gasteiger partial charge on any atom is -0.444 e. The van der Waals surface area contributed by atoms with Crippen LogP contribution in [-0.4, -0.2) is 55.3 Å². The van der Waals surface area contributed by atoms with Crippen molar-refractivity contribution in [1.29, 1.82) is 0 Å². The van der Waals surface area contributed by atoms with Crippen molar-refractivity contribution < 1.29 is 19.1 Å². The van der Waals surface area contributed by atoms with Gasteiger partial charge in [-0.2, -0.15) is 0 Å². The summed E-state index contributed by atoms with van der Waals surface area (Å²) in [5, 5.41) is 10.9. The van der Waals surface area contributed by atoms with Gasteiger partial charge in [0.2, 0.25) is 0 Å². The number of aliphatic hydroxyl groups is 1. The fourth-order valence-corrected chi connectivity index (χ4v) is 4.59. The molecule has 5 nitrogen and oxygen atoms in total. The van der Waals surface area contributed by atoms with Gasteiger partial charge in [-0.25, -0.2) is 4.79 Å². The third kappa shape index (κ3) is 4.63. The zero-order valence-electron chi connectivity index (χ0n) is 18.0. The van der Waals surface area contributed by atoms with E-state index in [4.69, 9.17) is 9.16 Å². The van der Waals surface area contributed by atoms with Crippen LogP contribution in [0.2, 0.25) is 18.1 Å². The Morgan fingerprint density at radius 1 is 1.19 bits per heavy atom. The summed E-state index contributed by atoms with van der Waals surface area (Å²) in [4.78, 5) is 14.7. The molecule has 26 heavy (non-hydrogen) atoms. The fourth-order valence-electron chi connectivity index (χ4n) is 3.54. The van der Waals surface area contributed by atoms with Gasteiger partial charge in [0.05, 0.1) is 18.8 Å². The first-order valence-corrected chi connectivity index (χ1v) is 12.9. The lowest BCUT2D eigenvalue weighted by atomic mass is 9.61. The predicted octanol–water partition coefficient (Wildman–Crippen LogP) is 4.55. The zero-order chi connectivity index (χ0) is 20.0. The Labute approximate surface area is 160 Å². The van der Waals surface area contributed by atoms with Crippen LogP contribution in [0, 0.1) is 5.41 Å². The minimum absolute atomic E-state index is 0.117. The van der Waals surface area contributed by atoms with E-state index in [1.165, 1.54) is 0 Å². The smallest absolute Gasteiger partial charge is 0.410 e. The Kier molecular flexibility index (Phi) is 5.92. The molecular formula is C20H39NO4Si. The summed E-state index contributed by atoms with van der Waals surface area (Å²) in [6.07, 6.45) is 3.05. The van der Waals surface area contributed by atoms with Crippen molar-refractivity contribution in [2.75, 3.05) is 13.2 Å². The molecule has 6 heteroatoms. The van der Waals surface area contributed by atoms with Crippen LogP contribution in [-0.2, 0) is 9.16 Å². The second kappa shape index (κ2) is 7.10. The second-order valence-electron chi connectivity index (χ2n) is 10.8. The average Bonchev–Trinajstić information content (AvgIpc) is 2.40. The SMILES string of the molecule is CC(C)(C)OC(=O)N1CC2(CCC2)C(O)C[C@H]1CO[Si](C)(C)C(C)(C)C. The lowest BCUT2D eigenvalue weighted by Crippen LogP contribution is -2.62. The Morgan fingerprint density at radius 2 is 1.77 bits per heavy atom. The first-order valence-electron chi connectivity index (χ1n) is 9.99. The molecule has 1 saturated carbocycles. The van der Waals surface area contributed by atoms with Crippen LogP contribution >= 0.6 is 0 Å². The first-order chi connectivity index (χ1) is 11.7. The van der Waals surface area contributed by atoms with Crippen molar-refractivity contribution in [3.05, 3.63) is 0 Å². The van der Waals surface area contributed by atoms with Gasteiger partial charge >= 0.3 is 6.09 Å². The van der Waals surface area contributed by atoms with Crippen LogP contribution in [0.25, 0.3) is 0 Å². The number of piperidine rings is 1. The highest BCUT2D eigenvalue weighted by Gasteiger charge is 2.52. The number of carbonyl (C=O) groups excluding carboxylic acids is 1. The molecule has 152 valence electrons. The van der Waals surface area contributed by atoms with Gasteiger partial charge in [0.25, 0.3) is 0 Å². The number of nitrogens with zero attached hydrogens (tertiary/aromatic N) is 1. The summed E-state index contributed by atoms with van der Waals surface area (Å²) in [6.45, 7) is 17.8. The number of aliphatic hydroxyl groups excluding tert-OH is 1. The monoisotopic (exact) mass is 385 g/mol. The van der Waals surface area contributed by atoms with Crippen molar-refractivity contribution in [3.8, 4) is 0 Å². The van der Waals surface area contributed by atoms with Crippen molar-refractivity contribution in [1.82, 2.24) is 4.90 Å². The summed E-state index contributed by atoms with van der Waals surface area (Å²) >= 11 is 0. The molecule has 2 fully saturated rings. The summed E-state index contributed by atoms with van der Waals surface area (Å²) in [5.41, 5.74) is -0.658. The lowest BCUT2D eigenvalue weighted by molar-refractivity contribution is -0.116. The molecule has 0 aromatic heterocycles. The number of amides is 1. The molecule has 2 aliphatic rings. The number of hydrogen-bond donors (Lipinski definition) is 1. The van der Waals surface area contributed by atoms with E-state index < -0.39 is 13.9 Å². The Hall–Kier alpha value is -0.593. The van der Waals surface area contributed by atoms with Gasteiger partial charge in [0.15, 0.2) is 8.32 Å². The normalized spacial score (nSPS) is 26.6. The van der Waals surface area contributed by atoms with Crippen LogP contribution in [0.15, 0.2) is 0 Å². The maximum absolute atomic E-state index is 12.9. The summed E-state index contributed by atoms with van der Waals surface area (Å²) in [6, 6.07) is -0.125. The largest absolute Gasteiger partial charge is 0.444 e. The highest BCUT2D eigenvalue weighted by Crippen LogP contribution is 2.49. The van der Waals surface area contributed by atoms with Crippen LogP contribution < -0.4 is 0 Å².